The van der Waals surface area contributed by atoms with E-state index in [0.29, 0.717) is 12.5 Å². The van der Waals surface area contributed by atoms with Crippen LogP contribution in [0.5, 0.6) is 5.88 Å². The summed E-state index contributed by atoms with van der Waals surface area (Å²) in [5.41, 5.74) is 2.19. The quantitative estimate of drug-likeness (QED) is 0.721. The number of hydrogen-bond acceptors (Lipinski definition) is 3. The minimum atomic E-state index is 0.498. The van der Waals surface area contributed by atoms with Gasteiger partial charge in [0.25, 0.3) is 0 Å². The summed E-state index contributed by atoms with van der Waals surface area (Å²) < 4.78 is 5.32. The molecule has 14 heavy (non-hydrogen) atoms. The highest BCUT2D eigenvalue weighted by Gasteiger charge is 2.00. The van der Waals surface area contributed by atoms with E-state index >= 15 is 0 Å². The van der Waals surface area contributed by atoms with Gasteiger partial charge >= 0.3 is 0 Å². The van der Waals surface area contributed by atoms with Crippen molar-refractivity contribution in [1.82, 2.24) is 10.3 Å². The van der Waals surface area contributed by atoms with Gasteiger partial charge in [0.2, 0.25) is 5.88 Å². The zero-order valence-electron chi connectivity index (χ0n) is 8.71. The van der Waals surface area contributed by atoms with Crippen LogP contribution in [-0.2, 0) is 6.54 Å². The van der Waals surface area contributed by atoms with Crippen LogP contribution in [0.1, 0.15) is 11.3 Å². The third-order valence-electron chi connectivity index (χ3n) is 1.89. The molecule has 0 aromatic carbocycles. The van der Waals surface area contributed by atoms with Crippen molar-refractivity contribution in [2.24, 2.45) is 0 Å². The van der Waals surface area contributed by atoms with E-state index in [1.54, 1.807) is 6.08 Å². The van der Waals surface area contributed by atoms with E-state index < -0.39 is 0 Å². The lowest BCUT2D eigenvalue weighted by Crippen LogP contribution is -2.08. The molecule has 0 aliphatic heterocycles. The second kappa shape index (κ2) is 5.40. The molecule has 3 nitrogen and oxygen atoms in total. The van der Waals surface area contributed by atoms with Crippen LogP contribution in [0.2, 0.25) is 0 Å². The smallest absolute Gasteiger partial charge is 0.213 e. The largest absolute Gasteiger partial charge is 0.473 e. The van der Waals surface area contributed by atoms with Gasteiger partial charge in [-0.3, -0.25) is 0 Å². The third kappa shape index (κ3) is 2.85. The maximum Gasteiger partial charge on any atom is 0.213 e. The highest BCUT2D eigenvalue weighted by Crippen LogP contribution is 2.12. The van der Waals surface area contributed by atoms with Gasteiger partial charge in [-0.15, -0.1) is 0 Å². The van der Waals surface area contributed by atoms with Crippen LogP contribution in [0.4, 0.5) is 0 Å². The Morgan fingerprint density at radius 2 is 2.36 bits per heavy atom. The molecule has 0 fully saturated rings. The van der Waals surface area contributed by atoms with Crippen molar-refractivity contribution >= 4 is 0 Å². The Balaban J connectivity index is 2.72. The van der Waals surface area contributed by atoms with Gasteiger partial charge in [0.05, 0.1) is 0 Å². The van der Waals surface area contributed by atoms with E-state index in [2.05, 4.69) is 16.9 Å². The fourth-order valence-electron chi connectivity index (χ4n) is 1.17. The maximum absolute atomic E-state index is 5.32. The maximum atomic E-state index is 5.32. The van der Waals surface area contributed by atoms with Gasteiger partial charge in [-0.25, -0.2) is 4.98 Å². The first kappa shape index (κ1) is 10.7. The second-order valence-corrected chi connectivity index (χ2v) is 3.02. The van der Waals surface area contributed by atoms with Crippen LogP contribution in [0.3, 0.4) is 0 Å². The van der Waals surface area contributed by atoms with Crippen LogP contribution < -0.4 is 10.1 Å². The first-order chi connectivity index (χ1) is 6.77. The fourth-order valence-corrected chi connectivity index (χ4v) is 1.17. The van der Waals surface area contributed by atoms with Crippen LogP contribution >= 0.6 is 0 Å². The number of aryl methyl sites for hydroxylation is 1. The highest BCUT2D eigenvalue weighted by atomic mass is 16.5. The van der Waals surface area contributed by atoms with Gasteiger partial charge in [0.15, 0.2) is 0 Å². The van der Waals surface area contributed by atoms with Crippen molar-refractivity contribution in [3.8, 4) is 5.88 Å². The molecule has 1 aromatic heterocycles. The Morgan fingerprint density at radius 3 is 2.93 bits per heavy atom. The van der Waals surface area contributed by atoms with Gasteiger partial charge < -0.3 is 10.1 Å². The van der Waals surface area contributed by atoms with E-state index in [-0.39, 0.29) is 0 Å². The Labute approximate surface area is 84.8 Å². The molecular weight excluding hydrogens is 176 g/mol. The monoisotopic (exact) mass is 192 g/mol. The molecule has 0 aliphatic carbocycles. The molecule has 0 saturated carbocycles. The first-order valence-electron chi connectivity index (χ1n) is 4.62. The molecule has 76 valence electrons. The minimum absolute atomic E-state index is 0.498. The van der Waals surface area contributed by atoms with Crippen molar-refractivity contribution in [2.45, 2.75) is 13.5 Å². The molecule has 0 radical (unpaired) electrons. The zero-order valence-corrected chi connectivity index (χ0v) is 8.71. The van der Waals surface area contributed by atoms with Crippen LogP contribution in [-0.4, -0.2) is 18.6 Å². The molecule has 0 amide bonds. The molecule has 1 aromatic rings. The van der Waals surface area contributed by atoms with Crippen LogP contribution in [0.25, 0.3) is 0 Å². The average molecular weight is 192 g/mol. The number of nitrogens with one attached hydrogen (secondary N) is 1. The minimum Gasteiger partial charge on any atom is -0.473 e. The number of aromatic nitrogens is 1. The summed E-state index contributed by atoms with van der Waals surface area (Å²) in [4.78, 5) is 4.32. The normalized spacial score (nSPS) is 9.86. The summed E-state index contributed by atoms with van der Waals surface area (Å²) in [6.45, 7) is 6.89. The Morgan fingerprint density at radius 1 is 1.57 bits per heavy atom. The standard InChI is InChI=1S/C11H16N2O/c1-4-7-14-11-6-5-10(8-12-3)9(2)13-11/h4-6,12H,1,7-8H2,2-3H3. The molecule has 1 N–H and O–H groups in total. The predicted molar refractivity (Wildman–Crippen MR) is 57.4 cm³/mol. The third-order valence-corrected chi connectivity index (χ3v) is 1.89. The van der Waals surface area contributed by atoms with Crippen molar-refractivity contribution in [1.29, 1.82) is 0 Å². The van der Waals surface area contributed by atoms with Gasteiger partial charge in [-0.1, -0.05) is 18.7 Å². The van der Waals surface area contributed by atoms with E-state index in [9.17, 15) is 0 Å². The van der Waals surface area contributed by atoms with Crippen molar-refractivity contribution in [2.75, 3.05) is 13.7 Å². The van der Waals surface area contributed by atoms with Gasteiger partial charge in [0.1, 0.15) is 6.61 Å². The molecule has 0 spiro atoms. The number of ether oxygens (including phenoxy) is 1. The molecule has 0 atom stereocenters. The number of hydrogen-bond donors (Lipinski definition) is 1. The Bertz CT molecular complexity index is 310. The molecule has 0 unspecified atom stereocenters. The Hall–Kier alpha value is -1.35. The highest BCUT2D eigenvalue weighted by molar-refractivity contribution is 5.24. The Kier molecular flexibility index (Phi) is 4.13. The summed E-state index contributed by atoms with van der Waals surface area (Å²) in [7, 11) is 1.92. The lowest BCUT2D eigenvalue weighted by molar-refractivity contribution is 0.347. The number of nitrogens with zero attached hydrogens (tertiary/aromatic N) is 1. The van der Waals surface area contributed by atoms with Gasteiger partial charge in [-0.05, 0) is 19.5 Å². The molecule has 0 saturated heterocycles. The summed E-state index contributed by atoms with van der Waals surface area (Å²) in [6.07, 6.45) is 1.71. The van der Waals surface area contributed by atoms with Gasteiger partial charge in [-0.2, -0.15) is 0 Å². The summed E-state index contributed by atoms with van der Waals surface area (Å²) >= 11 is 0. The number of pyridine rings is 1. The molecule has 1 rings (SSSR count). The molecule has 0 bridgehead atoms. The van der Waals surface area contributed by atoms with Crippen molar-refractivity contribution in [3.63, 3.8) is 0 Å². The SMILES string of the molecule is C=CCOc1ccc(CNC)c(C)n1. The average Bonchev–Trinajstić information content (AvgIpc) is 2.19. The van der Waals surface area contributed by atoms with E-state index in [1.807, 2.05) is 26.1 Å². The van der Waals surface area contributed by atoms with Gasteiger partial charge in [0, 0.05) is 18.3 Å². The van der Waals surface area contributed by atoms with Crippen LogP contribution in [0, 0.1) is 6.92 Å². The topological polar surface area (TPSA) is 34.1 Å². The molecule has 1 heterocycles. The lowest BCUT2D eigenvalue weighted by Gasteiger charge is -2.07. The summed E-state index contributed by atoms with van der Waals surface area (Å²) in [6, 6.07) is 3.90. The summed E-state index contributed by atoms with van der Waals surface area (Å²) in [5, 5.41) is 3.09. The van der Waals surface area contributed by atoms with E-state index in [4.69, 9.17) is 4.74 Å². The van der Waals surface area contributed by atoms with Crippen molar-refractivity contribution in [3.05, 3.63) is 36.0 Å². The number of rotatable bonds is 5. The fraction of sp³-hybridized carbons (Fsp3) is 0.364. The zero-order chi connectivity index (χ0) is 10.4. The second-order valence-electron chi connectivity index (χ2n) is 3.02. The molecule has 0 aliphatic rings. The molecule has 3 heteroatoms. The van der Waals surface area contributed by atoms with Crippen LogP contribution in [0.15, 0.2) is 24.8 Å². The molecular formula is C11H16N2O. The lowest BCUT2D eigenvalue weighted by atomic mass is 10.2. The van der Waals surface area contributed by atoms with Crippen molar-refractivity contribution < 1.29 is 4.74 Å². The predicted octanol–water partition coefficient (Wildman–Crippen LogP) is 1.67. The first-order valence-corrected chi connectivity index (χ1v) is 4.62. The van der Waals surface area contributed by atoms with E-state index in [1.165, 1.54) is 5.56 Å². The summed E-state index contributed by atoms with van der Waals surface area (Å²) in [5.74, 6) is 0.655. The van der Waals surface area contributed by atoms with E-state index in [0.717, 1.165) is 12.2 Å².